The van der Waals surface area contributed by atoms with E-state index >= 15 is 0 Å². The van der Waals surface area contributed by atoms with Crippen molar-refractivity contribution in [3.05, 3.63) is 0 Å². The number of likely N-dealkylation sites (N-methyl/N-ethyl adjacent to an activating group) is 1. The first-order valence-corrected chi connectivity index (χ1v) is 7.32. The van der Waals surface area contributed by atoms with Gasteiger partial charge in [-0.1, -0.05) is 19.8 Å². The van der Waals surface area contributed by atoms with Gasteiger partial charge in [0.05, 0.1) is 18.8 Å². The first-order chi connectivity index (χ1) is 8.38. The molecule has 2 fully saturated rings. The molecule has 1 aliphatic heterocycles. The van der Waals surface area contributed by atoms with Crippen LogP contribution in [0, 0.1) is 5.92 Å². The van der Waals surface area contributed by atoms with Crippen molar-refractivity contribution >= 4 is 0 Å². The smallest absolute Gasteiger partial charge is 0.0813 e. The van der Waals surface area contributed by atoms with Gasteiger partial charge >= 0.3 is 0 Å². The topological polar surface area (TPSA) is 30.5 Å². The Morgan fingerprint density at radius 1 is 1.06 bits per heavy atom. The maximum atomic E-state index is 5.94. The first-order valence-electron chi connectivity index (χ1n) is 7.32. The molecule has 2 aliphatic rings. The monoisotopic (exact) mass is 241 g/mol. The summed E-state index contributed by atoms with van der Waals surface area (Å²) >= 11 is 0. The van der Waals surface area contributed by atoms with Crippen molar-refractivity contribution in [1.82, 2.24) is 5.32 Å². The molecule has 1 heterocycles. The highest BCUT2D eigenvalue weighted by atomic mass is 16.5. The maximum Gasteiger partial charge on any atom is 0.0813 e. The van der Waals surface area contributed by atoms with E-state index in [0.29, 0.717) is 12.2 Å². The van der Waals surface area contributed by atoms with Gasteiger partial charge in [-0.3, -0.25) is 0 Å². The second-order valence-corrected chi connectivity index (χ2v) is 5.45. The second kappa shape index (κ2) is 7.34. The standard InChI is InChI=1S/C14H27NO2/c1-2-15-9-13-7-8-14(17-13)11-16-10-12-5-3-4-6-12/h12-15H,2-11H2,1H3. The zero-order chi connectivity index (χ0) is 11.9. The van der Waals surface area contributed by atoms with Gasteiger partial charge in [0, 0.05) is 13.2 Å². The molecule has 1 aliphatic carbocycles. The number of hydrogen-bond donors (Lipinski definition) is 1. The summed E-state index contributed by atoms with van der Waals surface area (Å²) in [5.74, 6) is 0.828. The largest absolute Gasteiger partial charge is 0.378 e. The van der Waals surface area contributed by atoms with Gasteiger partial charge in [0.1, 0.15) is 0 Å². The summed E-state index contributed by atoms with van der Waals surface area (Å²) < 4.78 is 11.7. The molecule has 3 nitrogen and oxygen atoms in total. The molecule has 1 saturated carbocycles. The van der Waals surface area contributed by atoms with Crippen molar-refractivity contribution in [3.8, 4) is 0 Å². The minimum atomic E-state index is 0.347. The lowest BCUT2D eigenvalue weighted by Crippen LogP contribution is -2.28. The molecule has 0 aromatic heterocycles. The molecule has 100 valence electrons. The zero-order valence-corrected chi connectivity index (χ0v) is 11.1. The van der Waals surface area contributed by atoms with Crippen LogP contribution < -0.4 is 5.32 Å². The third kappa shape index (κ3) is 4.57. The second-order valence-electron chi connectivity index (χ2n) is 5.45. The normalized spacial score (nSPS) is 30.2. The predicted molar refractivity (Wildman–Crippen MR) is 69.2 cm³/mol. The summed E-state index contributed by atoms with van der Waals surface area (Å²) in [6.45, 7) is 5.92. The van der Waals surface area contributed by atoms with Crippen LogP contribution in [0.25, 0.3) is 0 Å². The molecule has 2 rings (SSSR count). The molecule has 0 aromatic carbocycles. The molecule has 2 unspecified atom stereocenters. The third-order valence-electron chi connectivity index (χ3n) is 3.95. The fraction of sp³-hybridized carbons (Fsp3) is 1.00. The van der Waals surface area contributed by atoms with Crippen LogP contribution in [0.5, 0.6) is 0 Å². The summed E-state index contributed by atoms with van der Waals surface area (Å²) in [7, 11) is 0. The van der Waals surface area contributed by atoms with Crippen LogP contribution in [0.3, 0.4) is 0 Å². The molecule has 0 bridgehead atoms. The molecule has 1 N–H and O–H groups in total. The van der Waals surface area contributed by atoms with Gasteiger partial charge < -0.3 is 14.8 Å². The van der Waals surface area contributed by atoms with Crippen LogP contribution >= 0.6 is 0 Å². The van der Waals surface area contributed by atoms with Gasteiger partial charge in [-0.05, 0) is 38.1 Å². The van der Waals surface area contributed by atoms with Crippen molar-refractivity contribution in [3.63, 3.8) is 0 Å². The Hall–Kier alpha value is -0.120. The van der Waals surface area contributed by atoms with Gasteiger partial charge in [-0.15, -0.1) is 0 Å². The van der Waals surface area contributed by atoms with Crippen molar-refractivity contribution in [2.75, 3.05) is 26.3 Å². The lowest BCUT2D eigenvalue weighted by atomic mass is 10.1. The average Bonchev–Trinajstić information content (AvgIpc) is 2.98. The molecule has 3 heteroatoms. The molecular weight excluding hydrogens is 214 g/mol. The van der Waals surface area contributed by atoms with E-state index in [0.717, 1.165) is 32.2 Å². The Morgan fingerprint density at radius 3 is 2.59 bits per heavy atom. The average molecular weight is 241 g/mol. The van der Waals surface area contributed by atoms with Gasteiger partial charge in [0.2, 0.25) is 0 Å². The van der Waals surface area contributed by atoms with E-state index in [-0.39, 0.29) is 0 Å². The Labute approximate surface area is 105 Å². The van der Waals surface area contributed by atoms with Gasteiger partial charge in [0.25, 0.3) is 0 Å². The Kier molecular flexibility index (Phi) is 5.75. The molecule has 0 aromatic rings. The summed E-state index contributed by atoms with van der Waals surface area (Å²) in [6, 6.07) is 0. The number of hydrogen-bond acceptors (Lipinski definition) is 3. The Bertz CT molecular complexity index is 204. The predicted octanol–water partition coefficient (Wildman–Crippen LogP) is 2.35. The van der Waals surface area contributed by atoms with Crippen molar-refractivity contribution in [2.24, 2.45) is 5.92 Å². The quantitative estimate of drug-likeness (QED) is 0.742. The zero-order valence-electron chi connectivity index (χ0n) is 11.1. The fourth-order valence-corrected chi connectivity index (χ4v) is 2.90. The van der Waals surface area contributed by atoms with Crippen LogP contribution in [0.4, 0.5) is 0 Å². The SMILES string of the molecule is CCNCC1CCC(COCC2CCCC2)O1. The van der Waals surface area contributed by atoms with Crippen LogP contribution in [0.15, 0.2) is 0 Å². The molecule has 0 amide bonds. The lowest BCUT2D eigenvalue weighted by molar-refractivity contribution is -0.0214. The number of rotatable bonds is 7. The summed E-state index contributed by atoms with van der Waals surface area (Å²) in [5.41, 5.74) is 0. The van der Waals surface area contributed by atoms with Crippen molar-refractivity contribution in [1.29, 1.82) is 0 Å². The molecular formula is C14H27NO2. The van der Waals surface area contributed by atoms with E-state index in [9.17, 15) is 0 Å². The summed E-state index contributed by atoms with van der Waals surface area (Å²) in [5, 5.41) is 3.35. The van der Waals surface area contributed by atoms with Crippen molar-refractivity contribution in [2.45, 2.75) is 57.7 Å². The van der Waals surface area contributed by atoms with Crippen molar-refractivity contribution < 1.29 is 9.47 Å². The Morgan fingerprint density at radius 2 is 1.82 bits per heavy atom. The highest BCUT2D eigenvalue weighted by Gasteiger charge is 2.25. The number of ether oxygens (including phenoxy) is 2. The van der Waals surface area contributed by atoms with Crippen LogP contribution in [-0.4, -0.2) is 38.5 Å². The third-order valence-corrected chi connectivity index (χ3v) is 3.95. The van der Waals surface area contributed by atoms with E-state index in [4.69, 9.17) is 9.47 Å². The van der Waals surface area contributed by atoms with Crippen LogP contribution in [0.2, 0.25) is 0 Å². The highest BCUT2D eigenvalue weighted by molar-refractivity contribution is 4.75. The van der Waals surface area contributed by atoms with E-state index < -0.39 is 0 Å². The van der Waals surface area contributed by atoms with Crippen LogP contribution in [-0.2, 0) is 9.47 Å². The molecule has 0 radical (unpaired) electrons. The minimum Gasteiger partial charge on any atom is -0.378 e. The first kappa shape index (κ1) is 13.3. The summed E-state index contributed by atoms with van der Waals surface area (Å²) in [4.78, 5) is 0. The Balaban J connectivity index is 1.51. The summed E-state index contributed by atoms with van der Waals surface area (Å²) in [6.07, 6.45) is 8.65. The fourth-order valence-electron chi connectivity index (χ4n) is 2.90. The van der Waals surface area contributed by atoms with E-state index in [1.807, 2.05) is 0 Å². The highest BCUT2D eigenvalue weighted by Crippen LogP contribution is 2.25. The lowest BCUT2D eigenvalue weighted by Gasteiger charge is -2.15. The van der Waals surface area contributed by atoms with Gasteiger partial charge in [-0.25, -0.2) is 0 Å². The maximum absolute atomic E-state index is 5.94. The van der Waals surface area contributed by atoms with Crippen LogP contribution in [0.1, 0.15) is 45.4 Å². The van der Waals surface area contributed by atoms with E-state index in [2.05, 4.69) is 12.2 Å². The number of nitrogens with one attached hydrogen (secondary N) is 1. The van der Waals surface area contributed by atoms with Gasteiger partial charge in [-0.2, -0.15) is 0 Å². The molecule has 17 heavy (non-hydrogen) atoms. The minimum absolute atomic E-state index is 0.347. The van der Waals surface area contributed by atoms with Gasteiger partial charge in [0.15, 0.2) is 0 Å². The molecule has 0 spiro atoms. The van der Waals surface area contributed by atoms with E-state index in [1.54, 1.807) is 0 Å². The molecule has 2 atom stereocenters. The van der Waals surface area contributed by atoms with E-state index in [1.165, 1.54) is 38.5 Å². The molecule has 1 saturated heterocycles.